The van der Waals surface area contributed by atoms with Crippen LogP contribution in [0.15, 0.2) is 160 Å². The van der Waals surface area contributed by atoms with Crippen molar-refractivity contribution < 1.29 is 0 Å². The number of rotatable bonds is 11. The second-order valence-electron chi connectivity index (χ2n) is 11.7. The van der Waals surface area contributed by atoms with Crippen molar-refractivity contribution in [2.75, 3.05) is 0 Å². The average molecular weight is 689 g/mol. The van der Waals surface area contributed by atoms with Gasteiger partial charge in [0.15, 0.2) is 0 Å². The fraction of sp³-hybridized carbons (Fsp3) is 0.373. The first-order valence-electron chi connectivity index (χ1n) is 19.6. The molecule has 3 aliphatic rings. The van der Waals surface area contributed by atoms with Crippen LogP contribution in [-0.2, 0) is 12.8 Å². The zero-order valence-electron chi connectivity index (χ0n) is 33.9. The molecule has 3 aliphatic carbocycles. The van der Waals surface area contributed by atoms with Crippen LogP contribution in [0.5, 0.6) is 0 Å². The van der Waals surface area contributed by atoms with Crippen LogP contribution in [0.25, 0.3) is 12.2 Å². The van der Waals surface area contributed by atoms with Gasteiger partial charge in [0.05, 0.1) is 0 Å². The second kappa shape index (κ2) is 45.8. The maximum absolute atomic E-state index is 3.69. The van der Waals surface area contributed by atoms with E-state index >= 15 is 0 Å². The minimum atomic E-state index is 1.08. The Kier molecular flexibility index (Phi) is 46.0. The van der Waals surface area contributed by atoms with Gasteiger partial charge < -0.3 is 0 Å². The smallest absolute Gasteiger partial charge is 0.0163 e. The van der Waals surface area contributed by atoms with Crippen LogP contribution >= 0.6 is 0 Å². The molecule has 2 aromatic carbocycles. The van der Waals surface area contributed by atoms with Crippen molar-refractivity contribution in [2.24, 2.45) is 0 Å². The minimum absolute atomic E-state index is 1.08. The van der Waals surface area contributed by atoms with Crippen molar-refractivity contribution in [2.45, 2.75) is 125 Å². The second-order valence-corrected chi connectivity index (χ2v) is 11.7. The lowest BCUT2D eigenvalue weighted by Gasteiger charge is -1.95. The summed E-state index contributed by atoms with van der Waals surface area (Å²) in [5.41, 5.74) is 5.14. The fourth-order valence-corrected chi connectivity index (χ4v) is 3.81. The van der Waals surface area contributed by atoms with Crippen LogP contribution in [0, 0.1) is 0 Å². The van der Waals surface area contributed by atoms with E-state index in [0.717, 1.165) is 44.9 Å². The molecule has 0 nitrogen and oxygen atoms in total. The van der Waals surface area contributed by atoms with Crippen molar-refractivity contribution in [3.05, 3.63) is 182 Å². The molecular weight excluding hydrogens is 613 g/mol. The van der Waals surface area contributed by atoms with E-state index in [1.54, 1.807) is 0 Å². The number of benzene rings is 2. The molecule has 280 valence electrons. The molecule has 0 saturated heterocycles. The molecule has 0 heterocycles. The highest BCUT2D eigenvalue weighted by Gasteiger charge is 1.87. The van der Waals surface area contributed by atoms with Crippen molar-refractivity contribution >= 4 is 12.2 Å². The quantitative estimate of drug-likeness (QED) is 0.163. The van der Waals surface area contributed by atoms with Crippen molar-refractivity contribution in [1.82, 2.24) is 0 Å². The van der Waals surface area contributed by atoms with Gasteiger partial charge in [-0.25, -0.2) is 0 Å². The van der Waals surface area contributed by atoms with E-state index in [4.69, 9.17) is 0 Å². The highest BCUT2D eigenvalue weighted by Crippen LogP contribution is 2.06. The Hall–Kier alpha value is -4.16. The van der Waals surface area contributed by atoms with Crippen LogP contribution in [0.2, 0.25) is 0 Å². The molecule has 0 amide bonds. The van der Waals surface area contributed by atoms with Gasteiger partial charge in [-0.2, -0.15) is 0 Å². The molecule has 0 fully saturated rings. The standard InChI is InChI=1S/2C10H12.C8H18.3C5H6.2C4H8/c2*1-3-9-5-7-10(4-2)8-6-9;1-3-5-7-8-6-4-2;3*1-2-4-5-3-1;2*1-3-4-2/h2*3,5-8H,1,4H2,2H3;3-8H2,1-2H3;3*1-4H,5H2;2*3H,1,4H2,2H3. The summed E-state index contributed by atoms with van der Waals surface area (Å²) in [5.74, 6) is 0. The minimum Gasteiger partial charge on any atom is -0.103 e. The van der Waals surface area contributed by atoms with Gasteiger partial charge in [-0.05, 0) is 67.2 Å². The van der Waals surface area contributed by atoms with E-state index < -0.39 is 0 Å². The number of allylic oxidation sites excluding steroid dienone is 14. The summed E-state index contributed by atoms with van der Waals surface area (Å²) in [7, 11) is 0. The summed E-state index contributed by atoms with van der Waals surface area (Å²) in [5, 5.41) is 0. The number of aryl methyl sites for hydroxylation is 2. The fourth-order valence-electron chi connectivity index (χ4n) is 3.81. The largest absolute Gasteiger partial charge is 0.103 e. The van der Waals surface area contributed by atoms with Crippen molar-refractivity contribution in [3.8, 4) is 0 Å². The van der Waals surface area contributed by atoms with E-state index in [-0.39, 0.29) is 0 Å². The van der Waals surface area contributed by atoms with Crippen LogP contribution < -0.4 is 0 Å². The lowest BCUT2D eigenvalue weighted by Crippen LogP contribution is -1.78. The molecule has 0 bridgehead atoms. The van der Waals surface area contributed by atoms with Crippen LogP contribution in [0.4, 0.5) is 0 Å². The Morgan fingerprint density at radius 2 is 0.667 bits per heavy atom. The molecule has 0 N–H and O–H groups in total. The Bertz CT molecular complexity index is 1060. The lowest BCUT2D eigenvalue weighted by atomic mass is 10.1. The summed E-state index contributed by atoms with van der Waals surface area (Å²) in [4.78, 5) is 0. The zero-order valence-corrected chi connectivity index (χ0v) is 33.9. The number of unbranched alkanes of at least 4 members (excludes halogenated alkanes) is 5. The maximum Gasteiger partial charge on any atom is -0.0163 e. The van der Waals surface area contributed by atoms with Gasteiger partial charge in [-0.1, -0.05) is 239 Å². The first-order valence-corrected chi connectivity index (χ1v) is 19.6. The molecule has 5 rings (SSSR count). The van der Waals surface area contributed by atoms with E-state index in [0.29, 0.717) is 0 Å². The van der Waals surface area contributed by atoms with Gasteiger partial charge in [0, 0.05) is 0 Å². The summed E-state index contributed by atoms with van der Waals surface area (Å²) in [6, 6.07) is 16.9. The van der Waals surface area contributed by atoms with E-state index in [1.165, 1.54) is 60.8 Å². The molecule has 0 spiro atoms. The lowest BCUT2D eigenvalue weighted by molar-refractivity contribution is 0.624. The third-order valence-corrected chi connectivity index (χ3v) is 7.25. The monoisotopic (exact) mass is 689 g/mol. The van der Waals surface area contributed by atoms with Crippen molar-refractivity contribution in [1.29, 1.82) is 0 Å². The van der Waals surface area contributed by atoms with Crippen LogP contribution in [0.3, 0.4) is 0 Å². The van der Waals surface area contributed by atoms with Gasteiger partial charge in [-0.15, -0.1) is 13.2 Å². The SMILES string of the molecule is C1=CCC=C1.C1=CCC=C1.C1=CCC=C1.C=CCC.C=CCC.C=Cc1ccc(CC)cc1.C=Cc1ccc(CC)cc1.CCCCCCCC. The average Bonchev–Trinajstić information content (AvgIpc) is 4.05. The summed E-state index contributed by atoms with van der Waals surface area (Å²) in [6.45, 7) is 27.3. The van der Waals surface area contributed by atoms with Gasteiger partial charge >= 0.3 is 0 Å². The predicted octanol–water partition coefficient (Wildman–Crippen LogP) is 16.8. The molecule has 0 atom stereocenters. The van der Waals surface area contributed by atoms with Gasteiger partial charge in [0.2, 0.25) is 0 Å². The molecule has 51 heavy (non-hydrogen) atoms. The normalized spacial score (nSPS) is 11.3. The zero-order chi connectivity index (χ0) is 38.5. The molecule has 0 unspecified atom stereocenters. The van der Waals surface area contributed by atoms with Crippen molar-refractivity contribution in [3.63, 3.8) is 0 Å². The molecule has 0 heteroatoms. The highest BCUT2D eigenvalue weighted by molar-refractivity contribution is 5.47. The highest BCUT2D eigenvalue weighted by atomic mass is 13.9. The molecule has 0 aromatic heterocycles. The van der Waals surface area contributed by atoms with Crippen LogP contribution in [0.1, 0.15) is 134 Å². The van der Waals surface area contributed by atoms with E-state index in [9.17, 15) is 0 Å². The van der Waals surface area contributed by atoms with E-state index in [1.807, 2.05) is 24.3 Å². The third kappa shape index (κ3) is 41.9. The summed E-state index contributed by atoms with van der Waals surface area (Å²) in [6.07, 6.45) is 48.8. The first kappa shape index (κ1) is 51.2. The molecule has 0 radical (unpaired) electrons. The molecule has 0 aliphatic heterocycles. The Balaban J connectivity index is -0.000000530. The molecular formula is C51H76. The van der Waals surface area contributed by atoms with Gasteiger partial charge in [0.25, 0.3) is 0 Å². The topological polar surface area (TPSA) is 0 Å². The number of hydrogen-bond acceptors (Lipinski definition) is 0. The van der Waals surface area contributed by atoms with Gasteiger partial charge in [-0.3, -0.25) is 0 Å². The Morgan fingerprint density at radius 1 is 0.412 bits per heavy atom. The van der Waals surface area contributed by atoms with E-state index in [2.05, 4.69) is 189 Å². The molecule has 0 saturated carbocycles. The summed E-state index contributed by atoms with van der Waals surface area (Å²) >= 11 is 0. The molecule has 2 aromatic rings. The van der Waals surface area contributed by atoms with Crippen LogP contribution in [-0.4, -0.2) is 0 Å². The van der Waals surface area contributed by atoms with Gasteiger partial charge in [0.1, 0.15) is 0 Å². The summed E-state index contributed by atoms with van der Waals surface area (Å²) < 4.78 is 0. The Labute approximate surface area is 318 Å². The predicted molar refractivity (Wildman–Crippen MR) is 241 cm³/mol. The first-order chi connectivity index (χ1) is 25.0. The maximum atomic E-state index is 3.69. The Morgan fingerprint density at radius 3 is 0.804 bits per heavy atom. The third-order valence-electron chi connectivity index (χ3n) is 7.25. The number of hydrogen-bond donors (Lipinski definition) is 0.